The molecule has 3 amide bonds. The quantitative estimate of drug-likeness (QED) is 0.382. The van der Waals surface area contributed by atoms with Crippen LogP contribution in [0.25, 0.3) is 0 Å². The molecule has 1 atom stereocenters. The molecule has 0 spiro atoms. The van der Waals surface area contributed by atoms with Gasteiger partial charge in [0.25, 0.3) is 5.91 Å². The molecule has 0 saturated carbocycles. The summed E-state index contributed by atoms with van der Waals surface area (Å²) in [4.78, 5) is 23.8. The van der Waals surface area contributed by atoms with E-state index < -0.39 is 34.6 Å². The van der Waals surface area contributed by atoms with Crippen molar-refractivity contribution in [2.45, 2.75) is 16.9 Å². The molecule has 30 heavy (non-hydrogen) atoms. The first kappa shape index (κ1) is 23.8. The van der Waals surface area contributed by atoms with Gasteiger partial charge in [-0.05, 0) is 52.3 Å². The van der Waals surface area contributed by atoms with Gasteiger partial charge in [-0.2, -0.15) is 22.0 Å². The molecule has 2 rings (SSSR count). The fraction of sp³-hybridized carbons (Fsp3) is 0.176. The molecule has 1 unspecified atom stereocenters. The highest BCUT2D eigenvalue weighted by Gasteiger charge is 2.72. The molecule has 5 nitrogen and oxygen atoms in total. The zero-order valence-corrected chi connectivity index (χ0v) is 16.7. The molecule has 13 heteroatoms. The summed E-state index contributed by atoms with van der Waals surface area (Å²) < 4.78 is 76.4. The van der Waals surface area contributed by atoms with E-state index in [1.807, 2.05) is 5.32 Å². The largest absolute Gasteiger partial charge is 0.453 e. The number of ether oxygens (including phenoxy) is 1. The molecular formula is C17H10BrClF6N2O3. The molecule has 0 aliphatic rings. The van der Waals surface area contributed by atoms with Gasteiger partial charge >= 0.3 is 22.9 Å². The van der Waals surface area contributed by atoms with E-state index in [1.54, 1.807) is 6.07 Å². The van der Waals surface area contributed by atoms with Crippen LogP contribution in [0.1, 0.15) is 10.4 Å². The summed E-state index contributed by atoms with van der Waals surface area (Å²) in [6.07, 6.45) is -11.2. The average Bonchev–Trinajstić information content (AvgIpc) is 2.62. The van der Waals surface area contributed by atoms with Gasteiger partial charge in [-0.1, -0.05) is 23.7 Å². The van der Waals surface area contributed by atoms with Gasteiger partial charge in [0.1, 0.15) is 5.75 Å². The smallest absolute Gasteiger partial charge is 0.429 e. The van der Waals surface area contributed by atoms with Gasteiger partial charge in [0.05, 0.1) is 10.6 Å². The standard InChI is InChI=1S/C17H10BrClF6N2O3/c18-15(20,16(21,22)23)17(24,25)30-10-7-5-9(6-8-10)26-14(29)27-13(28)11-3-1-2-4-12(11)19/h1-8H,(H2,26,27,28,29). The normalized spacial score (nSPS) is 13.9. The Balaban J connectivity index is 2.01. The van der Waals surface area contributed by atoms with Gasteiger partial charge < -0.3 is 10.1 Å². The molecule has 162 valence electrons. The number of alkyl halides is 7. The summed E-state index contributed by atoms with van der Waals surface area (Å²) in [5.41, 5.74) is -0.00857. The van der Waals surface area contributed by atoms with Crippen LogP contribution in [-0.4, -0.2) is 28.8 Å². The Morgan fingerprint density at radius 1 is 0.933 bits per heavy atom. The number of halogens is 8. The summed E-state index contributed by atoms with van der Waals surface area (Å²) >= 11 is 7.13. The Morgan fingerprint density at radius 3 is 2.03 bits per heavy atom. The van der Waals surface area contributed by atoms with Crippen molar-refractivity contribution in [1.29, 1.82) is 0 Å². The van der Waals surface area contributed by atoms with E-state index in [4.69, 9.17) is 11.6 Å². The Labute approximate surface area is 178 Å². The van der Waals surface area contributed by atoms with Crippen molar-refractivity contribution in [2.75, 3.05) is 5.32 Å². The number of carbonyl (C=O) groups excluding carboxylic acids is 2. The first-order chi connectivity index (χ1) is 13.7. The number of rotatable bonds is 5. The number of carbonyl (C=O) groups is 2. The van der Waals surface area contributed by atoms with Crippen molar-refractivity contribution < 1.29 is 40.7 Å². The molecule has 0 aliphatic heterocycles. The van der Waals surface area contributed by atoms with E-state index in [9.17, 15) is 35.9 Å². The lowest BCUT2D eigenvalue weighted by Gasteiger charge is -2.29. The topological polar surface area (TPSA) is 67.4 Å². The van der Waals surface area contributed by atoms with Crippen molar-refractivity contribution in [3.63, 3.8) is 0 Å². The van der Waals surface area contributed by atoms with E-state index in [-0.39, 0.29) is 16.3 Å². The minimum Gasteiger partial charge on any atom is -0.429 e. The van der Waals surface area contributed by atoms with Gasteiger partial charge in [0.2, 0.25) is 0 Å². The van der Waals surface area contributed by atoms with Crippen LogP contribution < -0.4 is 15.4 Å². The molecule has 0 bridgehead atoms. The Bertz CT molecular complexity index is 938. The number of amides is 3. The number of urea groups is 1. The molecule has 0 radical (unpaired) electrons. The summed E-state index contributed by atoms with van der Waals surface area (Å²) in [7, 11) is 0. The predicted octanol–water partition coefficient (Wildman–Crippen LogP) is 5.90. The molecule has 0 aromatic heterocycles. The maximum atomic E-state index is 13.5. The molecule has 0 fully saturated rings. The van der Waals surface area contributed by atoms with Crippen molar-refractivity contribution in [1.82, 2.24) is 5.32 Å². The minimum atomic E-state index is -5.95. The molecule has 2 aromatic carbocycles. The van der Waals surface area contributed by atoms with Crippen LogP contribution in [0.2, 0.25) is 5.02 Å². The molecular weight excluding hydrogens is 510 g/mol. The summed E-state index contributed by atoms with van der Waals surface area (Å²) in [6, 6.07) is 8.37. The monoisotopic (exact) mass is 518 g/mol. The zero-order chi connectivity index (χ0) is 22.7. The highest BCUT2D eigenvalue weighted by molar-refractivity contribution is 9.10. The van der Waals surface area contributed by atoms with E-state index in [0.29, 0.717) is 0 Å². The summed E-state index contributed by atoms with van der Waals surface area (Å²) in [5.74, 6) is -1.63. The minimum absolute atomic E-state index is 0.0226. The van der Waals surface area contributed by atoms with Crippen LogP contribution in [0.15, 0.2) is 48.5 Å². The lowest BCUT2D eigenvalue weighted by atomic mass is 10.2. The highest BCUT2D eigenvalue weighted by Crippen LogP contribution is 2.50. The molecule has 0 saturated heterocycles. The Kier molecular flexibility index (Phi) is 6.92. The zero-order valence-electron chi connectivity index (χ0n) is 14.4. The first-order valence-electron chi connectivity index (χ1n) is 7.73. The number of hydrogen-bond donors (Lipinski definition) is 2. The SMILES string of the molecule is O=C(NC(=O)c1ccccc1Cl)Nc1ccc(OC(F)(F)C(F)(Br)C(F)(F)F)cc1. The first-order valence-corrected chi connectivity index (χ1v) is 8.90. The lowest BCUT2D eigenvalue weighted by molar-refractivity contribution is -0.318. The third-order valence-corrected chi connectivity index (χ3v) is 4.67. The van der Waals surface area contributed by atoms with E-state index in [0.717, 1.165) is 24.3 Å². The highest BCUT2D eigenvalue weighted by atomic mass is 79.9. The maximum Gasteiger partial charge on any atom is 0.453 e. The second-order valence-electron chi connectivity index (χ2n) is 5.60. The van der Waals surface area contributed by atoms with Crippen molar-refractivity contribution >= 4 is 45.2 Å². The predicted molar refractivity (Wildman–Crippen MR) is 98.8 cm³/mol. The van der Waals surface area contributed by atoms with Crippen molar-refractivity contribution in [2.24, 2.45) is 0 Å². The number of hydrogen-bond acceptors (Lipinski definition) is 3. The molecule has 2 aromatic rings. The van der Waals surface area contributed by atoms with Gasteiger partial charge in [-0.25, -0.2) is 9.18 Å². The van der Waals surface area contributed by atoms with Crippen molar-refractivity contribution in [3.05, 3.63) is 59.1 Å². The number of imide groups is 1. The van der Waals surface area contributed by atoms with E-state index in [1.165, 1.54) is 34.1 Å². The van der Waals surface area contributed by atoms with Crippen LogP contribution in [-0.2, 0) is 0 Å². The third-order valence-electron chi connectivity index (χ3n) is 3.43. The summed E-state index contributed by atoms with van der Waals surface area (Å²) in [6.45, 7) is 0. The maximum absolute atomic E-state index is 13.5. The van der Waals surface area contributed by atoms with Crippen LogP contribution in [0, 0.1) is 0 Å². The third kappa shape index (κ3) is 5.36. The van der Waals surface area contributed by atoms with Crippen molar-refractivity contribution in [3.8, 4) is 5.75 Å². The molecule has 0 heterocycles. The van der Waals surface area contributed by atoms with Gasteiger partial charge in [0.15, 0.2) is 0 Å². The van der Waals surface area contributed by atoms with E-state index >= 15 is 0 Å². The molecule has 2 N–H and O–H groups in total. The fourth-order valence-corrected chi connectivity index (χ4v) is 2.26. The van der Waals surface area contributed by atoms with Crippen LogP contribution >= 0.6 is 27.5 Å². The van der Waals surface area contributed by atoms with Gasteiger partial charge in [0, 0.05) is 5.69 Å². The average molecular weight is 520 g/mol. The summed E-state index contributed by atoms with van der Waals surface area (Å²) in [5, 5.41) is 4.25. The van der Waals surface area contributed by atoms with Gasteiger partial charge in [-0.15, -0.1) is 0 Å². The number of anilines is 1. The van der Waals surface area contributed by atoms with Crippen LogP contribution in [0.5, 0.6) is 5.75 Å². The van der Waals surface area contributed by atoms with Gasteiger partial charge in [-0.3, -0.25) is 10.1 Å². The Morgan fingerprint density at radius 2 is 1.50 bits per heavy atom. The Hall–Kier alpha value is -2.47. The van der Waals surface area contributed by atoms with E-state index in [2.05, 4.69) is 10.1 Å². The second kappa shape index (κ2) is 8.72. The fourth-order valence-electron chi connectivity index (χ4n) is 1.96. The van der Waals surface area contributed by atoms with Crippen LogP contribution in [0.3, 0.4) is 0 Å². The lowest BCUT2D eigenvalue weighted by Crippen LogP contribution is -2.53. The molecule has 0 aliphatic carbocycles. The number of nitrogens with one attached hydrogen (secondary N) is 2. The second-order valence-corrected chi connectivity index (χ2v) is 7.10. The number of benzene rings is 2. The van der Waals surface area contributed by atoms with Crippen LogP contribution in [0.4, 0.5) is 36.8 Å².